The Morgan fingerprint density at radius 3 is 2.41 bits per heavy atom. The van der Waals surface area contributed by atoms with Gasteiger partial charge in [0.2, 0.25) is 5.91 Å². The van der Waals surface area contributed by atoms with Crippen LogP contribution in [0.25, 0.3) is 0 Å². The number of ether oxygens (including phenoxy) is 2. The molecule has 1 saturated carbocycles. The number of benzene rings is 1. The van der Waals surface area contributed by atoms with Crippen LogP contribution in [-0.2, 0) is 9.59 Å². The number of hydrogen-bond donors (Lipinski definition) is 2. The first kappa shape index (κ1) is 16.1. The molecular weight excluding hydrogens is 286 g/mol. The molecule has 1 aromatic carbocycles. The lowest BCUT2D eigenvalue weighted by molar-refractivity contribution is -0.147. The van der Waals surface area contributed by atoms with Crippen molar-refractivity contribution in [1.29, 1.82) is 0 Å². The van der Waals surface area contributed by atoms with Gasteiger partial charge in [-0.1, -0.05) is 12.8 Å². The summed E-state index contributed by atoms with van der Waals surface area (Å²) in [5.74, 6) is -1.21. The Balaban J connectivity index is 2.18. The van der Waals surface area contributed by atoms with E-state index in [2.05, 4.69) is 5.32 Å². The van der Waals surface area contributed by atoms with Gasteiger partial charge in [-0.25, -0.2) is 0 Å². The fourth-order valence-electron chi connectivity index (χ4n) is 2.88. The van der Waals surface area contributed by atoms with Crippen molar-refractivity contribution in [2.45, 2.75) is 25.7 Å². The molecule has 0 unspecified atom stereocenters. The van der Waals surface area contributed by atoms with Gasteiger partial charge in [-0.2, -0.15) is 0 Å². The zero-order valence-corrected chi connectivity index (χ0v) is 12.8. The molecule has 1 aliphatic rings. The Morgan fingerprint density at radius 1 is 1.14 bits per heavy atom. The number of carbonyl (C=O) groups is 2. The quantitative estimate of drug-likeness (QED) is 0.873. The lowest BCUT2D eigenvalue weighted by Gasteiger charge is -2.27. The molecule has 120 valence electrons. The highest BCUT2D eigenvalue weighted by Crippen LogP contribution is 2.34. The number of methoxy groups -OCH3 is 2. The van der Waals surface area contributed by atoms with Crippen molar-refractivity contribution in [2.24, 2.45) is 11.8 Å². The number of rotatable bonds is 5. The van der Waals surface area contributed by atoms with Gasteiger partial charge in [-0.05, 0) is 25.0 Å². The highest BCUT2D eigenvalue weighted by Gasteiger charge is 2.35. The summed E-state index contributed by atoms with van der Waals surface area (Å²) in [6.07, 6.45) is 2.86. The molecule has 2 rings (SSSR count). The molecule has 1 aliphatic carbocycles. The van der Waals surface area contributed by atoms with Crippen LogP contribution in [0.4, 0.5) is 5.69 Å². The summed E-state index contributed by atoms with van der Waals surface area (Å²) < 4.78 is 10.4. The van der Waals surface area contributed by atoms with Gasteiger partial charge in [0.05, 0.1) is 31.7 Å². The molecule has 0 aromatic heterocycles. The second-order valence-electron chi connectivity index (χ2n) is 5.39. The van der Waals surface area contributed by atoms with Crippen molar-refractivity contribution < 1.29 is 24.2 Å². The lowest BCUT2D eigenvalue weighted by Crippen LogP contribution is -2.36. The molecule has 1 aromatic rings. The fraction of sp³-hybridized carbons (Fsp3) is 0.500. The first-order chi connectivity index (χ1) is 10.6. The number of nitrogens with one attached hydrogen (secondary N) is 1. The third kappa shape index (κ3) is 3.50. The maximum Gasteiger partial charge on any atom is 0.307 e. The van der Waals surface area contributed by atoms with Crippen molar-refractivity contribution >= 4 is 17.6 Å². The van der Waals surface area contributed by atoms with Crippen molar-refractivity contribution in [3.05, 3.63) is 18.2 Å². The maximum absolute atomic E-state index is 12.5. The molecule has 6 heteroatoms. The molecule has 2 N–H and O–H groups in total. The van der Waals surface area contributed by atoms with E-state index in [1.807, 2.05) is 0 Å². The average molecular weight is 307 g/mol. The summed E-state index contributed by atoms with van der Waals surface area (Å²) in [6.45, 7) is 0. The summed E-state index contributed by atoms with van der Waals surface area (Å²) in [4.78, 5) is 23.8. The molecular formula is C16H21NO5. The van der Waals surface area contributed by atoms with Gasteiger partial charge in [-0.15, -0.1) is 0 Å². The van der Waals surface area contributed by atoms with Gasteiger partial charge in [0.25, 0.3) is 0 Å². The van der Waals surface area contributed by atoms with E-state index >= 15 is 0 Å². The van der Waals surface area contributed by atoms with Crippen molar-refractivity contribution in [2.75, 3.05) is 19.5 Å². The minimum absolute atomic E-state index is 0.279. The smallest absolute Gasteiger partial charge is 0.307 e. The summed E-state index contributed by atoms with van der Waals surface area (Å²) in [5.41, 5.74) is 0.488. The van der Waals surface area contributed by atoms with Crippen molar-refractivity contribution in [3.8, 4) is 11.5 Å². The Labute approximate surface area is 129 Å². The standard InChI is InChI=1S/C16H21NO5/c1-21-10-7-8-14(22-2)13(9-10)17-15(18)11-5-3-4-6-12(11)16(19)20/h7-9,11-12H,3-6H2,1-2H3,(H,17,18)(H,19,20)/t11-,12-/m1/s1. The Bertz CT molecular complexity index is 557. The molecule has 2 atom stereocenters. The molecule has 1 amide bonds. The van der Waals surface area contributed by atoms with E-state index < -0.39 is 17.8 Å². The summed E-state index contributed by atoms with van der Waals surface area (Å²) in [7, 11) is 3.05. The zero-order valence-electron chi connectivity index (χ0n) is 12.8. The van der Waals surface area contributed by atoms with Crippen LogP contribution in [0.2, 0.25) is 0 Å². The predicted octanol–water partition coefficient (Wildman–Crippen LogP) is 2.53. The fourth-order valence-corrected chi connectivity index (χ4v) is 2.88. The molecule has 0 heterocycles. The number of aliphatic carboxylic acids is 1. The predicted molar refractivity (Wildman–Crippen MR) is 81.3 cm³/mol. The summed E-state index contributed by atoms with van der Waals surface area (Å²) in [6, 6.07) is 5.09. The number of amides is 1. The number of anilines is 1. The van der Waals surface area contributed by atoms with E-state index in [0.29, 0.717) is 30.0 Å². The summed E-state index contributed by atoms with van der Waals surface area (Å²) in [5, 5.41) is 12.1. The molecule has 6 nitrogen and oxygen atoms in total. The van der Waals surface area contributed by atoms with Crippen LogP contribution in [0.1, 0.15) is 25.7 Å². The largest absolute Gasteiger partial charge is 0.497 e. The van der Waals surface area contributed by atoms with E-state index in [-0.39, 0.29) is 5.91 Å². The monoisotopic (exact) mass is 307 g/mol. The van der Waals surface area contributed by atoms with Gasteiger partial charge >= 0.3 is 5.97 Å². The number of carboxylic acid groups (broad SMARTS) is 1. The van der Waals surface area contributed by atoms with Gasteiger partial charge in [0, 0.05) is 6.07 Å². The van der Waals surface area contributed by atoms with Crippen LogP contribution < -0.4 is 14.8 Å². The molecule has 0 aliphatic heterocycles. The van der Waals surface area contributed by atoms with Crippen LogP contribution in [0.15, 0.2) is 18.2 Å². The Kier molecular flexibility index (Phi) is 5.25. The topological polar surface area (TPSA) is 84.9 Å². The second-order valence-corrected chi connectivity index (χ2v) is 5.39. The molecule has 0 saturated heterocycles. The third-order valence-corrected chi connectivity index (χ3v) is 4.08. The minimum Gasteiger partial charge on any atom is -0.497 e. The highest BCUT2D eigenvalue weighted by molar-refractivity contribution is 5.96. The van der Waals surface area contributed by atoms with Gasteiger partial charge in [0.15, 0.2) is 0 Å². The number of carboxylic acids is 1. The van der Waals surface area contributed by atoms with Gasteiger partial charge in [0.1, 0.15) is 11.5 Å². The van der Waals surface area contributed by atoms with E-state index in [1.54, 1.807) is 18.2 Å². The second kappa shape index (κ2) is 7.15. The summed E-state index contributed by atoms with van der Waals surface area (Å²) >= 11 is 0. The van der Waals surface area contributed by atoms with E-state index in [9.17, 15) is 14.7 Å². The lowest BCUT2D eigenvalue weighted by atomic mass is 9.78. The normalized spacial score (nSPS) is 21.0. The zero-order chi connectivity index (χ0) is 16.1. The van der Waals surface area contributed by atoms with Crippen molar-refractivity contribution in [1.82, 2.24) is 0 Å². The van der Waals surface area contributed by atoms with Crippen molar-refractivity contribution in [3.63, 3.8) is 0 Å². The maximum atomic E-state index is 12.5. The Morgan fingerprint density at radius 2 is 1.82 bits per heavy atom. The van der Waals surface area contributed by atoms with Crippen LogP contribution in [0.3, 0.4) is 0 Å². The average Bonchev–Trinajstić information content (AvgIpc) is 2.54. The van der Waals surface area contributed by atoms with Crippen LogP contribution in [0.5, 0.6) is 11.5 Å². The minimum atomic E-state index is -0.905. The molecule has 0 bridgehead atoms. The highest BCUT2D eigenvalue weighted by atomic mass is 16.5. The number of hydrogen-bond acceptors (Lipinski definition) is 4. The van der Waals surface area contributed by atoms with Crippen LogP contribution in [0, 0.1) is 11.8 Å². The Hall–Kier alpha value is -2.24. The van der Waals surface area contributed by atoms with E-state index in [1.165, 1.54) is 14.2 Å². The molecule has 0 radical (unpaired) electrons. The van der Waals surface area contributed by atoms with Crippen LogP contribution in [-0.4, -0.2) is 31.2 Å². The first-order valence-electron chi connectivity index (χ1n) is 7.32. The SMILES string of the molecule is COc1ccc(OC)c(NC(=O)[C@@H]2CCCC[C@H]2C(=O)O)c1. The van der Waals surface area contributed by atoms with Crippen LogP contribution >= 0.6 is 0 Å². The van der Waals surface area contributed by atoms with E-state index in [0.717, 1.165) is 12.8 Å². The molecule has 22 heavy (non-hydrogen) atoms. The molecule has 0 spiro atoms. The number of carbonyl (C=O) groups excluding carboxylic acids is 1. The van der Waals surface area contributed by atoms with E-state index in [4.69, 9.17) is 9.47 Å². The first-order valence-corrected chi connectivity index (χ1v) is 7.32. The van der Waals surface area contributed by atoms with Gasteiger partial charge in [-0.3, -0.25) is 9.59 Å². The van der Waals surface area contributed by atoms with Gasteiger partial charge < -0.3 is 19.9 Å². The molecule has 1 fully saturated rings. The third-order valence-electron chi connectivity index (χ3n) is 4.08.